The van der Waals surface area contributed by atoms with E-state index >= 15 is 0 Å². The van der Waals surface area contributed by atoms with Crippen LogP contribution in [0.2, 0.25) is 0 Å². The number of phenols is 1. The number of aromatic hydroxyl groups is 1. The molecule has 0 radical (unpaired) electrons. The minimum Gasteiger partial charge on any atom is -0.508 e. The van der Waals surface area contributed by atoms with Gasteiger partial charge in [0.1, 0.15) is 5.75 Å². The third kappa shape index (κ3) is 8.34. The number of aliphatic hydroxyl groups is 1. The van der Waals surface area contributed by atoms with Crippen molar-refractivity contribution < 1.29 is 20.2 Å². The van der Waals surface area contributed by atoms with Gasteiger partial charge in [0.05, 0.1) is 23.9 Å². The molecule has 1 amide bonds. The SMILES string of the molecule is CNC(C(=O)NN(Cc1ccc(-c2ccccn2)cc1)CC(O)C(Cc1ccc(O)cc1)NO)C(C)(C)C. The molecule has 38 heavy (non-hydrogen) atoms. The summed E-state index contributed by atoms with van der Waals surface area (Å²) in [5.74, 6) is -0.0759. The summed E-state index contributed by atoms with van der Waals surface area (Å²) in [5, 5.41) is 35.1. The van der Waals surface area contributed by atoms with E-state index < -0.39 is 18.2 Å². The van der Waals surface area contributed by atoms with Crippen molar-refractivity contribution in [1.82, 2.24) is 26.2 Å². The minimum absolute atomic E-state index is 0.0601. The Morgan fingerprint density at radius 2 is 1.66 bits per heavy atom. The predicted molar refractivity (Wildman–Crippen MR) is 147 cm³/mol. The van der Waals surface area contributed by atoms with Gasteiger partial charge in [-0.15, -0.1) is 0 Å². The smallest absolute Gasteiger partial charge is 0.251 e. The maximum atomic E-state index is 13.2. The molecule has 0 saturated heterocycles. The van der Waals surface area contributed by atoms with Crippen LogP contribution >= 0.6 is 0 Å². The van der Waals surface area contributed by atoms with Crippen molar-refractivity contribution in [2.24, 2.45) is 5.41 Å². The van der Waals surface area contributed by atoms with E-state index in [2.05, 4.69) is 21.2 Å². The molecule has 6 N–H and O–H groups in total. The lowest BCUT2D eigenvalue weighted by molar-refractivity contribution is -0.131. The Morgan fingerprint density at radius 3 is 2.21 bits per heavy atom. The number of nitrogens with zero attached hydrogens (tertiary/aromatic N) is 2. The summed E-state index contributed by atoms with van der Waals surface area (Å²) in [6.45, 7) is 6.33. The zero-order valence-electron chi connectivity index (χ0n) is 22.4. The number of rotatable bonds is 12. The first-order chi connectivity index (χ1) is 18.1. The van der Waals surface area contributed by atoms with Gasteiger partial charge in [0.15, 0.2) is 0 Å². The topological polar surface area (TPSA) is 130 Å². The molecule has 0 fully saturated rings. The fraction of sp³-hybridized carbons (Fsp3) is 0.379. The standard InChI is InChI=1S/C29H39N5O4/c1-29(2,3)27(30-4)28(37)32-34(18-21-8-12-22(13-9-21)24-7-5-6-16-31-24)19-26(36)25(33-38)17-20-10-14-23(35)15-11-20/h5-16,25-27,30,33,35-36,38H,17-19H2,1-4H3,(H,32,37). The Balaban J connectivity index is 1.77. The molecule has 9 nitrogen and oxygen atoms in total. The van der Waals surface area contributed by atoms with E-state index in [1.807, 2.05) is 63.2 Å². The van der Waals surface area contributed by atoms with Crippen molar-refractivity contribution in [2.45, 2.75) is 51.9 Å². The van der Waals surface area contributed by atoms with Crippen molar-refractivity contribution in [3.63, 3.8) is 0 Å². The van der Waals surface area contributed by atoms with Gasteiger partial charge >= 0.3 is 0 Å². The summed E-state index contributed by atoms with van der Waals surface area (Å²) in [4.78, 5) is 17.6. The summed E-state index contributed by atoms with van der Waals surface area (Å²) in [6, 6.07) is 19.0. The first kappa shape index (κ1) is 29.2. The average molecular weight is 522 g/mol. The van der Waals surface area contributed by atoms with E-state index in [1.165, 1.54) is 0 Å². The van der Waals surface area contributed by atoms with Crippen molar-refractivity contribution in [2.75, 3.05) is 13.6 Å². The van der Waals surface area contributed by atoms with Crippen LogP contribution in [-0.4, -0.2) is 63.1 Å². The second kappa shape index (κ2) is 13.5. The zero-order valence-corrected chi connectivity index (χ0v) is 22.4. The van der Waals surface area contributed by atoms with Gasteiger partial charge in [-0.1, -0.05) is 63.2 Å². The van der Waals surface area contributed by atoms with E-state index in [1.54, 1.807) is 42.5 Å². The van der Waals surface area contributed by atoms with Crippen LogP contribution in [0.25, 0.3) is 11.3 Å². The number of hydroxylamine groups is 1. The van der Waals surface area contributed by atoms with Crippen LogP contribution in [0.5, 0.6) is 5.75 Å². The highest BCUT2D eigenvalue weighted by Crippen LogP contribution is 2.21. The van der Waals surface area contributed by atoms with Crippen LogP contribution in [0.4, 0.5) is 0 Å². The molecule has 3 unspecified atom stereocenters. The molecule has 3 rings (SSSR count). The number of hydrogen-bond acceptors (Lipinski definition) is 8. The zero-order chi connectivity index (χ0) is 27.7. The van der Waals surface area contributed by atoms with Gasteiger partial charge in [0.25, 0.3) is 5.91 Å². The largest absolute Gasteiger partial charge is 0.508 e. The van der Waals surface area contributed by atoms with Gasteiger partial charge in [-0.3, -0.25) is 15.2 Å². The number of hydrazine groups is 1. The number of pyridine rings is 1. The first-order valence-corrected chi connectivity index (χ1v) is 12.7. The van der Waals surface area contributed by atoms with Crippen molar-refractivity contribution in [1.29, 1.82) is 0 Å². The quantitative estimate of drug-likeness (QED) is 0.201. The molecule has 204 valence electrons. The molecular formula is C29H39N5O4. The summed E-state index contributed by atoms with van der Waals surface area (Å²) >= 11 is 0. The van der Waals surface area contributed by atoms with E-state index in [0.717, 1.165) is 22.4 Å². The Hall–Kier alpha value is -3.34. The number of aromatic nitrogens is 1. The van der Waals surface area contributed by atoms with Gasteiger partial charge in [-0.05, 0) is 54.3 Å². The molecular weight excluding hydrogens is 482 g/mol. The van der Waals surface area contributed by atoms with Gasteiger partial charge in [0.2, 0.25) is 0 Å². The van der Waals surface area contributed by atoms with Gasteiger partial charge in [-0.25, -0.2) is 5.01 Å². The molecule has 0 saturated carbocycles. The van der Waals surface area contributed by atoms with Crippen molar-refractivity contribution >= 4 is 5.91 Å². The molecule has 0 aliphatic heterocycles. The molecule has 0 bridgehead atoms. The Morgan fingerprint density at radius 1 is 1.00 bits per heavy atom. The van der Waals surface area contributed by atoms with Crippen LogP contribution in [0, 0.1) is 5.41 Å². The molecule has 1 aromatic heterocycles. The van der Waals surface area contributed by atoms with E-state index in [-0.39, 0.29) is 23.6 Å². The summed E-state index contributed by atoms with van der Waals surface area (Å²) < 4.78 is 0. The third-order valence-corrected chi connectivity index (χ3v) is 6.40. The fourth-order valence-corrected chi connectivity index (χ4v) is 4.37. The number of hydrogen-bond donors (Lipinski definition) is 6. The van der Waals surface area contributed by atoms with Gasteiger partial charge in [-0.2, -0.15) is 5.48 Å². The number of carbonyl (C=O) groups is 1. The highest BCUT2D eigenvalue weighted by molar-refractivity contribution is 5.82. The first-order valence-electron chi connectivity index (χ1n) is 12.7. The van der Waals surface area contributed by atoms with Gasteiger partial charge in [0, 0.05) is 24.8 Å². The predicted octanol–water partition coefficient (Wildman–Crippen LogP) is 2.87. The second-order valence-corrected chi connectivity index (χ2v) is 10.5. The van der Waals surface area contributed by atoms with Crippen LogP contribution < -0.4 is 16.2 Å². The van der Waals surface area contributed by atoms with Crippen LogP contribution in [0.3, 0.4) is 0 Å². The van der Waals surface area contributed by atoms with E-state index in [4.69, 9.17) is 0 Å². The molecule has 0 aliphatic carbocycles. The number of phenolic OH excluding ortho intramolecular Hbond substituents is 1. The number of aliphatic hydroxyl groups excluding tert-OH is 1. The van der Waals surface area contributed by atoms with Crippen LogP contribution in [-0.2, 0) is 17.8 Å². The number of nitrogens with one attached hydrogen (secondary N) is 3. The molecule has 1 heterocycles. The Bertz CT molecular complexity index is 1130. The molecule has 3 aromatic rings. The van der Waals surface area contributed by atoms with Crippen molar-refractivity contribution in [3.8, 4) is 17.0 Å². The number of benzene rings is 2. The lowest BCUT2D eigenvalue weighted by atomic mass is 9.86. The Kier molecular flexibility index (Phi) is 10.3. The fourth-order valence-electron chi connectivity index (χ4n) is 4.37. The summed E-state index contributed by atoms with van der Waals surface area (Å²) in [7, 11) is 1.74. The number of carbonyl (C=O) groups excluding carboxylic acids is 1. The highest BCUT2D eigenvalue weighted by atomic mass is 16.5. The summed E-state index contributed by atoms with van der Waals surface area (Å²) in [6.07, 6.45) is 1.04. The van der Waals surface area contributed by atoms with E-state index in [0.29, 0.717) is 13.0 Å². The molecule has 9 heteroatoms. The lowest BCUT2D eigenvalue weighted by Gasteiger charge is -2.34. The normalized spacial score (nSPS) is 14.2. The molecule has 0 aliphatic rings. The molecule has 2 aromatic carbocycles. The number of likely N-dealkylation sites (N-methyl/N-ethyl adjacent to an activating group) is 1. The maximum Gasteiger partial charge on any atom is 0.251 e. The second-order valence-electron chi connectivity index (χ2n) is 10.5. The monoisotopic (exact) mass is 521 g/mol. The molecule has 0 spiro atoms. The average Bonchev–Trinajstić information content (AvgIpc) is 2.88. The minimum atomic E-state index is -1.02. The Labute approximate surface area is 224 Å². The maximum absolute atomic E-state index is 13.2. The van der Waals surface area contributed by atoms with Crippen LogP contribution in [0.15, 0.2) is 72.9 Å². The van der Waals surface area contributed by atoms with Crippen molar-refractivity contribution in [3.05, 3.63) is 84.1 Å². The van der Waals surface area contributed by atoms with Crippen LogP contribution in [0.1, 0.15) is 31.9 Å². The number of amides is 1. The molecule has 3 atom stereocenters. The van der Waals surface area contributed by atoms with Gasteiger partial charge < -0.3 is 20.7 Å². The third-order valence-electron chi connectivity index (χ3n) is 6.40. The lowest BCUT2D eigenvalue weighted by Crippen LogP contribution is -2.57. The highest BCUT2D eigenvalue weighted by Gasteiger charge is 2.31. The summed E-state index contributed by atoms with van der Waals surface area (Å²) in [5.41, 5.74) is 8.44. The van der Waals surface area contributed by atoms with E-state index in [9.17, 15) is 20.2 Å².